The number of nitrogens with one attached hydrogen (secondary N) is 1. The third-order valence-electron chi connectivity index (χ3n) is 4.36. The minimum Gasteiger partial charge on any atom is -0.492 e. The molecule has 2 rings (SSSR count). The van der Waals surface area contributed by atoms with Crippen LogP contribution in [0.1, 0.15) is 44.2 Å². The maximum atomic E-state index is 10.1. The van der Waals surface area contributed by atoms with Crippen molar-refractivity contribution in [1.82, 2.24) is 10.2 Å². The van der Waals surface area contributed by atoms with Gasteiger partial charge in [-0.2, -0.15) is 0 Å². The van der Waals surface area contributed by atoms with Crippen molar-refractivity contribution in [3.63, 3.8) is 0 Å². The first-order valence-corrected chi connectivity index (χ1v) is 8.38. The van der Waals surface area contributed by atoms with E-state index in [4.69, 9.17) is 4.74 Å². The Morgan fingerprint density at radius 3 is 2.82 bits per heavy atom. The maximum absolute atomic E-state index is 10.1. The molecule has 0 radical (unpaired) electrons. The number of hydrogen-bond donors (Lipinski definition) is 2. The lowest BCUT2D eigenvalue weighted by molar-refractivity contribution is 0.0859. The van der Waals surface area contributed by atoms with Crippen molar-refractivity contribution in [1.29, 1.82) is 0 Å². The first-order chi connectivity index (χ1) is 10.6. The molecule has 22 heavy (non-hydrogen) atoms. The third-order valence-corrected chi connectivity index (χ3v) is 4.36. The molecule has 1 aromatic carbocycles. The number of ether oxygens (including phenoxy) is 1. The summed E-state index contributed by atoms with van der Waals surface area (Å²) in [5.41, 5.74) is 1.21. The van der Waals surface area contributed by atoms with Crippen LogP contribution in [0, 0.1) is 0 Å². The van der Waals surface area contributed by atoms with E-state index in [1.54, 1.807) is 0 Å². The van der Waals surface area contributed by atoms with Crippen molar-refractivity contribution in [3.8, 4) is 5.75 Å². The van der Waals surface area contributed by atoms with Crippen LogP contribution < -0.4 is 10.1 Å². The summed E-state index contributed by atoms with van der Waals surface area (Å²) < 4.78 is 5.80. The van der Waals surface area contributed by atoms with E-state index in [9.17, 15) is 5.11 Å². The summed E-state index contributed by atoms with van der Waals surface area (Å²) in [6.45, 7) is 3.76. The van der Waals surface area contributed by atoms with Crippen LogP contribution in [-0.2, 0) is 0 Å². The number of hydrogen-bond acceptors (Lipinski definition) is 4. The molecule has 0 heterocycles. The van der Waals surface area contributed by atoms with Gasteiger partial charge >= 0.3 is 0 Å². The monoisotopic (exact) mass is 306 g/mol. The standard InChI is InChI=1S/C18H30N2O2/c1-14(19-17-9-4-5-10-18(17)21)15-7-6-8-16(13-15)22-12-11-20(2)3/h6-8,13-14,17-19,21H,4-5,9-12H2,1-3H3. The van der Waals surface area contributed by atoms with Gasteiger partial charge in [-0.15, -0.1) is 0 Å². The number of rotatable bonds is 7. The highest BCUT2D eigenvalue weighted by Crippen LogP contribution is 2.24. The van der Waals surface area contributed by atoms with Crippen molar-refractivity contribution >= 4 is 0 Å². The molecule has 0 aliphatic heterocycles. The minimum atomic E-state index is -0.212. The highest BCUT2D eigenvalue weighted by atomic mass is 16.5. The van der Waals surface area contributed by atoms with E-state index in [0.717, 1.165) is 31.6 Å². The smallest absolute Gasteiger partial charge is 0.119 e. The molecule has 1 aliphatic carbocycles. The predicted molar refractivity (Wildman–Crippen MR) is 90.3 cm³/mol. The molecule has 1 fully saturated rings. The average molecular weight is 306 g/mol. The normalized spacial score (nSPS) is 23.5. The molecule has 1 aliphatic rings. The van der Waals surface area contributed by atoms with E-state index in [2.05, 4.69) is 29.3 Å². The van der Waals surface area contributed by atoms with Crippen LogP contribution in [0.15, 0.2) is 24.3 Å². The van der Waals surface area contributed by atoms with Gasteiger partial charge in [-0.25, -0.2) is 0 Å². The van der Waals surface area contributed by atoms with Gasteiger partial charge < -0.3 is 20.1 Å². The van der Waals surface area contributed by atoms with E-state index in [-0.39, 0.29) is 18.2 Å². The predicted octanol–water partition coefficient (Wildman–Crippen LogP) is 2.58. The number of benzene rings is 1. The topological polar surface area (TPSA) is 44.7 Å². The van der Waals surface area contributed by atoms with Crippen LogP contribution in [0.5, 0.6) is 5.75 Å². The maximum Gasteiger partial charge on any atom is 0.119 e. The van der Waals surface area contributed by atoms with Gasteiger partial charge in [0, 0.05) is 18.6 Å². The molecular formula is C18H30N2O2. The molecular weight excluding hydrogens is 276 g/mol. The van der Waals surface area contributed by atoms with Crippen molar-refractivity contribution in [2.45, 2.75) is 50.8 Å². The van der Waals surface area contributed by atoms with Crippen LogP contribution >= 0.6 is 0 Å². The molecule has 0 saturated heterocycles. The van der Waals surface area contributed by atoms with Gasteiger partial charge in [-0.05, 0) is 51.6 Å². The molecule has 0 aromatic heterocycles. The van der Waals surface area contributed by atoms with Crippen LogP contribution in [-0.4, -0.2) is 49.4 Å². The van der Waals surface area contributed by atoms with Gasteiger partial charge in [0.1, 0.15) is 12.4 Å². The fourth-order valence-corrected chi connectivity index (χ4v) is 2.94. The fraction of sp³-hybridized carbons (Fsp3) is 0.667. The Hall–Kier alpha value is -1.10. The second-order valence-electron chi connectivity index (χ2n) is 6.57. The zero-order chi connectivity index (χ0) is 15.9. The summed E-state index contributed by atoms with van der Waals surface area (Å²) in [4.78, 5) is 2.11. The van der Waals surface area contributed by atoms with E-state index >= 15 is 0 Å². The molecule has 1 saturated carbocycles. The quantitative estimate of drug-likeness (QED) is 0.813. The minimum absolute atomic E-state index is 0.210. The summed E-state index contributed by atoms with van der Waals surface area (Å²) in [6.07, 6.45) is 4.11. The van der Waals surface area contributed by atoms with Crippen LogP contribution in [0.4, 0.5) is 0 Å². The van der Waals surface area contributed by atoms with Gasteiger partial charge in [-0.1, -0.05) is 25.0 Å². The number of nitrogens with zero attached hydrogens (tertiary/aromatic N) is 1. The molecule has 0 amide bonds. The van der Waals surface area contributed by atoms with E-state index in [1.165, 1.54) is 12.0 Å². The highest BCUT2D eigenvalue weighted by molar-refractivity contribution is 5.30. The van der Waals surface area contributed by atoms with Gasteiger partial charge in [0.25, 0.3) is 0 Å². The lowest BCUT2D eigenvalue weighted by Crippen LogP contribution is -2.43. The van der Waals surface area contributed by atoms with Crippen molar-refractivity contribution < 1.29 is 9.84 Å². The van der Waals surface area contributed by atoms with E-state index in [0.29, 0.717) is 6.61 Å². The molecule has 2 N–H and O–H groups in total. The number of likely N-dealkylation sites (N-methyl/N-ethyl adjacent to an activating group) is 1. The Morgan fingerprint density at radius 2 is 2.09 bits per heavy atom. The van der Waals surface area contributed by atoms with Gasteiger partial charge in [-0.3, -0.25) is 0 Å². The Labute approximate surface area is 134 Å². The Balaban J connectivity index is 1.90. The molecule has 4 heteroatoms. The first kappa shape index (κ1) is 17.3. The highest BCUT2D eigenvalue weighted by Gasteiger charge is 2.24. The zero-order valence-electron chi connectivity index (χ0n) is 14.1. The Morgan fingerprint density at radius 1 is 1.32 bits per heavy atom. The first-order valence-electron chi connectivity index (χ1n) is 8.38. The summed E-state index contributed by atoms with van der Waals surface area (Å²) in [6, 6.07) is 8.68. The van der Waals surface area contributed by atoms with Crippen LogP contribution in [0.3, 0.4) is 0 Å². The number of aliphatic hydroxyl groups excluding tert-OH is 1. The molecule has 3 unspecified atom stereocenters. The molecule has 0 spiro atoms. The second-order valence-corrected chi connectivity index (χ2v) is 6.57. The van der Waals surface area contributed by atoms with Crippen molar-refractivity contribution in [3.05, 3.63) is 29.8 Å². The van der Waals surface area contributed by atoms with E-state index in [1.807, 2.05) is 26.2 Å². The van der Waals surface area contributed by atoms with Gasteiger partial charge in [0.05, 0.1) is 6.10 Å². The lowest BCUT2D eigenvalue weighted by atomic mass is 9.91. The molecule has 3 atom stereocenters. The summed E-state index contributed by atoms with van der Waals surface area (Å²) in [5, 5.41) is 13.7. The summed E-state index contributed by atoms with van der Waals surface area (Å²) >= 11 is 0. The summed E-state index contributed by atoms with van der Waals surface area (Å²) in [7, 11) is 4.09. The second kappa shape index (κ2) is 8.51. The Bertz CT molecular complexity index is 450. The Kier molecular flexibility index (Phi) is 6.68. The summed E-state index contributed by atoms with van der Waals surface area (Å²) in [5.74, 6) is 0.914. The molecule has 124 valence electrons. The van der Waals surface area contributed by atoms with E-state index < -0.39 is 0 Å². The van der Waals surface area contributed by atoms with Gasteiger partial charge in [0.2, 0.25) is 0 Å². The number of aliphatic hydroxyl groups is 1. The molecule has 4 nitrogen and oxygen atoms in total. The molecule has 1 aromatic rings. The lowest BCUT2D eigenvalue weighted by Gasteiger charge is -2.31. The van der Waals surface area contributed by atoms with Crippen molar-refractivity contribution in [2.75, 3.05) is 27.2 Å². The van der Waals surface area contributed by atoms with Gasteiger partial charge in [0.15, 0.2) is 0 Å². The average Bonchev–Trinajstić information content (AvgIpc) is 2.49. The zero-order valence-corrected chi connectivity index (χ0v) is 14.1. The van der Waals surface area contributed by atoms with Crippen LogP contribution in [0.25, 0.3) is 0 Å². The molecule has 0 bridgehead atoms. The largest absolute Gasteiger partial charge is 0.492 e. The third kappa shape index (κ3) is 5.27. The van der Waals surface area contributed by atoms with Crippen LogP contribution in [0.2, 0.25) is 0 Å². The fourth-order valence-electron chi connectivity index (χ4n) is 2.94. The SMILES string of the molecule is CC(NC1CCCCC1O)c1cccc(OCCN(C)C)c1. The van der Waals surface area contributed by atoms with Crippen molar-refractivity contribution in [2.24, 2.45) is 0 Å².